The van der Waals surface area contributed by atoms with Crippen LogP contribution in [0.15, 0.2) is 30.3 Å². The van der Waals surface area contributed by atoms with Crippen LogP contribution in [0.5, 0.6) is 0 Å². The van der Waals surface area contributed by atoms with Crippen LogP contribution in [0.4, 0.5) is 11.6 Å². The smallest absolute Gasteiger partial charge is 0.274 e. The zero-order valence-electron chi connectivity index (χ0n) is 13.4. The molecule has 1 aromatic heterocycles. The maximum Gasteiger partial charge on any atom is 0.274 e. The third kappa shape index (κ3) is 4.43. The van der Waals surface area contributed by atoms with Crippen molar-refractivity contribution in [1.29, 1.82) is 0 Å². The van der Waals surface area contributed by atoms with Crippen molar-refractivity contribution < 1.29 is 9.53 Å². The van der Waals surface area contributed by atoms with Crippen molar-refractivity contribution >= 4 is 29.1 Å². The van der Waals surface area contributed by atoms with Gasteiger partial charge < -0.3 is 15.4 Å². The summed E-state index contributed by atoms with van der Waals surface area (Å²) in [4.78, 5) is 21.0. The number of carbonyl (C=O) groups excluding carboxylic acids is 1. The van der Waals surface area contributed by atoms with E-state index < -0.39 is 0 Å². The molecule has 1 amide bonds. The highest BCUT2D eigenvalue weighted by Gasteiger charge is 2.16. The van der Waals surface area contributed by atoms with Crippen LogP contribution in [0.25, 0.3) is 0 Å². The van der Waals surface area contributed by atoms with Gasteiger partial charge in [-0.2, -0.15) is 0 Å². The molecule has 0 radical (unpaired) electrons. The lowest BCUT2D eigenvalue weighted by Gasteiger charge is -2.12. The van der Waals surface area contributed by atoms with Crippen LogP contribution in [0.1, 0.15) is 29.0 Å². The number of hydrogen-bond acceptors (Lipinski definition) is 5. The second-order valence-electron chi connectivity index (χ2n) is 5.70. The van der Waals surface area contributed by atoms with Gasteiger partial charge in [0.15, 0.2) is 0 Å². The van der Waals surface area contributed by atoms with Crippen LogP contribution in [-0.4, -0.2) is 35.1 Å². The van der Waals surface area contributed by atoms with E-state index in [9.17, 15) is 4.79 Å². The van der Waals surface area contributed by atoms with Crippen molar-refractivity contribution in [3.8, 4) is 0 Å². The molecule has 2 N–H and O–H groups in total. The van der Waals surface area contributed by atoms with E-state index in [0.717, 1.165) is 25.1 Å². The van der Waals surface area contributed by atoms with Gasteiger partial charge in [0, 0.05) is 29.6 Å². The molecule has 7 heteroatoms. The number of ether oxygens (including phenoxy) is 1. The molecule has 126 valence electrons. The summed E-state index contributed by atoms with van der Waals surface area (Å²) in [5.41, 5.74) is 1.64. The highest BCUT2D eigenvalue weighted by atomic mass is 35.5. The van der Waals surface area contributed by atoms with Crippen molar-refractivity contribution in [3.63, 3.8) is 0 Å². The molecular formula is C17H19ClN4O2. The highest BCUT2D eigenvalue weighted by molar-refractivity contribution is 6.30. The van der Waals surface area contributed by atoms with Gasteiger partial charge in [-0.05, 0) is 44.0 Å². The highest BCUT2D eigenvalue weighted by Crippen LogP contribution is 2.16. The maximum absolute atomic E-state index is 12.4. The minimum Gasteiger partial charge on any atom is -0.376 e. The Bertz CT molecular complexity index is 732. The number of aryl methyl sites for hydroxylation is 1. The summed E-state index contributed by atoms with van der Waals surface area (Å²) in [7, 11) is 0. The van der Waals surface area contributed by atoms with Gasteiger partial charge in [0.2, 0.25) is 5.95 Å². The molecule has 1 atom stereocenters. The fourth-order valence-electron chi connectivity index (χ4n) is 2.54. The number of halogens is 1. The number of hydrogen-bond donors (Lipinski definition) is 2. The molecule has 0 spiro atoms. The summed E-state index contributed by atoms with van der Waals surface area (Å²) in [6.45, 7) is 3.27. The molecule has 0 saturated carbocycles. The Morgan fingerprint density at radius 1 is 1.38 bits per heavy atom. The van der Waals surface area contributed by atoms with E-state index in [1.807, 2.05) is 6.92 Å². The Morgan fingerprint density at radius 3 is 3.00 bits per heavy atom. The number of benzene rings is 1. The van der Waals surface area contributed by atoms with E-state index in [4.69, 9.17) is 16.3 Å². The number of rotatable bonds is 5. The summed E-state index contributed by atoms with van der Waals surface area (Å²) in [5.74, 6) is 0.129. The van der Waals surface area contributed by atoms with E-state index >= 15 is 0 Å². The van der Waals surface area contributed by atoms with Gasteiger partial charge in [-0.3, -0.25) is 4.79 Å². The predicted molar refractivity (Wildman–Crippen MR) is 93.6 cm³/mol. The zero-order valence-corrected chi connectivity index (χ0v) is 14.1. The van der Waals surface area contributed by atoms with Crippen LogP contribution >= 0.6 is 11.6 Å². The number of aromatic nitrogens is 2. The second kappa shape index (κ2) is 7.59. The molecule has 1 aliphatic rings. The first-order valence-corrected chi connectivity index (χ1v) is 8.26. The molecule has 1 aromatic carbocycles. The molecule has 24 heavy (non-hydrogen) atoms. The molecule has 1 saturated heterocycles. The molecule has 6 nitrogen and oxygen atoms in total. The first-order valence-electron chi connectivity index (χ1n) is 7.88. The second-order valence-corrected chi connectivity index (χ2v) is 6.14. The van der Waals surface area contributed by atoms with E-state index in [1.165, 1.54) is 0 Å². The Balaban J connectivity index is 1.68. The fraction of sp³-hybridized carbons (Fsp3) is 0.353. The topological polar surface area (TPSA) is 76.1 Å². The van der Waals surface area contributed by atoms with E-state index in [-0.39, 0.29) is 12.0 Å². The molecule has 1 fully saturated rings. The lowest BCUT2D eigenvalue weighted by atomic mass is 10.2. The summed E-state index contributed by atoms with van der Waals surface area (Å²) >= 11 is 5.93. The van der Waals surface area contributed by atoms with Gasteiger partial charge in [-0.1, -0.05) is 17.7 Å². The van der Waals surface area contributed by atoms with Crippen LogP contribution in [0, 0.1) is 6.92 Å². The molecule has 2 aromatic rings. The first-order chi connectivity index (χ1) is 11.6. The predicted octanol–water partition coefficient (Wildman–Crippen LogP) is 3.28. The maximum atomic E-state index is 12.4. The van der Waals surface area contributed by atoms with Crippen molar-refractivity contribution in [2.45, 2.75) is 25.9 Å². The van der Waals surface area contributed by atoms with E-state index in [1.54, 1.807) is 30.3 Å². The van der Waals surface area contributed by atoms with Crippen LogP contribution < -0.4 is 10.6 Å². The van der Waals surface area contributed by atoms with E-state index in [2.05, 4.69) is 20.6 Å². The quantitative estimate of drug-likeness (QED) is 0.868. The van der Waals surface area contributed by atoms with Gasteiger partial charge >= 0.3 is 0 Å². The van der Waals surface area contributed by atoms with Crippen molar-refractivity contribution in [3.05, 3.63) is 46.7 Å². The molecule has 0 bridgehead atoms. The van der Waals surface area contributed by atoms with Gasteiger partial charge in [0.25, 0.3) is 5.91 Å². The van der Waals surface area contributed by atoms with Gasteiger partial charge in [0.1, 0.15) is 5.69 Å². The molecule has 0 aliphatic carbocycles. The van der Waals surface area contributed by atoms with Crippen molar-refractivity contribution in [2.24, 2.45) is 0 Å². The van der Waals surface area contributed by atoms with Crippen LogP contribution in [-0.2, 0) is 4.74 Å². The fourth-order valence-corrected chi connectivity index (χ4v) is 2.73. The third-order valence-electron chi connectivity index (χ3n) is 3.68. The Labute approximate surface area is 145 Å². The Hall–Kier alpha value is -2.18. The normalized spacial score (nSPS) is 16.8. The number of nitrogens with one attached hydrogen (secondary N) is 2. The minimum atomic E-state index is -0.303. The zero-order chi connectivity index (χ0) is 16.9. The van der Waals surface area contributed by atoms with Gasteiger partial charge in [-0.15, -0.1) is 0 Å². The summed E-state index contributed by atoms with van der Waals surface area (Å²) in [6.07, 6.45) is 2.28. The van der Waals surface area contributed by atoms with Gasteiger partial charge in [-0.25, -0.2) is 9.97 Å². The van der Waals surface area contributed by atoms with Crippen LogP contribution in [0.2, 0.25) is 5.02 Å². The van der Waals surface area contributed by atoms with Crippen LogP contribution in [0.3, 0.4) is 0 Å². The standard InChI is InChI=1S/C17H19ClN4O2/c1-11-8-15(16(23)21-13-5-2-4-12(18)9-13)22-17(20-11)19-10-14-6-3-7-24-14/h2,4-5,8-9,14H,3,6-7,10H2,1H3,(H,21,23)(H,19,20,22). The third-order valence-corrected chi connectivity index (χ3v) is 3.92. The number of amides is 1. The molecular weight excluding hydrogens is 328 g/mol. The largest absolute Gasteiger partial charge is 0.376 e. The van der Waals surface area contributed by atoms with Crippen molar-refractivity contribution in [2.75, 3.05) is 23.8 Å². The Morgan fingerprint density at radius 2 is 2.25 bits per heavy atom. The molecule has 1 aliphatic heterocycles. The lowest BCUT2D eigenvalue weighted by Crippen LogP contribution is -2.21. The number of anilines is 2. The number of carbonyl (C=O) groups is 1. The molecule has 3 rings (SSSR count). The Kier molecular flexibility index (Phi) is 5.27. The van der Waals surface area contributed by atoms with Crippen molar-refractivity contribution in [1.82, 2.24) is 9.97 Å². The average molecular weight is 347 g/mol. The van der Waals surface area contributed by atoms with E-state index in [0.29, 0.717) is 28.9 Å². The molecule has 2 heterocycles. The SMILES string of the molecule is Cc1cc(C(=O)Nc2cccc(Cl)c2)nc(NCC2CCCO2)n1. The lowest BCUT2D eigenvalue weighted by molar-refractivity contribution is 0.102. The summed E-state index contributed by atoms with van der Waals surface area (Å²) < 4.78 is 5.56. The average Bonchev–Trinajstić information content (AvgIpc) is 3.06. The van der Waals surface area contributed by atoms with Gasteiger partial charge in [0.05, 0.1) is 6.10 Å². The minimum absolute atomic E-state index is 0.179. The monoisotopic (exact) mass is 346 g/mol. The molecule has 1 unspecified atom stereocenters. The summed E-state index contributed by atoms with van der Waals surface area (Å²) in [5, 5.41) is 6.49. The summed E-state index contributed by atoms with van der Waals surface area (Å²) in [6, 6.07) is 8.63. The first kappa shape index (κ1) is 16.7. The number of nitrogens with zero attached hydrogens (tertiary/aromatic N) is 2.